The molecule has 0 saturated heterocycles. The first-order valence-electron chi connectivity index (χ1n) is 12.8. The van der Waals surface area contributed by atoms with Crippen LogP contribution in [0.1, 0.15) is 112 Å². The van der Waals surface area contributed by atoms with Crippen LogP contribution in [0.5, 0.6) is 0 Å². The average molecular weight is 443 g/mol. The minimum absolute atomic E-state index is 0.131. The van der Waals surface area contributed by atoms with E-state index in [1.54, 1.807) is 6.07 Å². The first-order valence-corrected chi connectivity index (χ1v) is 12.8. The number of aromatic nitrogens is 1. The third kappa shape index (κ3) is 4.94. The number of carboxylic acid groups (broad SMARTS) is 1. The minimum Gasteiger partial charge on any atom is -0.480 e. The number of carboxylic acids is 1. The van der Waals surface area contributed by atoms with Gasteiger partial charge in [0, 0.05) is 12.2 Å². The van der Waals surface area contributed by atoms with Crippen LogP contribution in [0.2, 0.25) is 0 Å². The Labute approximate surface area is 190 Å². The SMILES string of the molecule is O=C(NC1(C(=O)O)CCCCC1)c1cc2c(n(CC3CCCCC3)c1=O)CCCCCC2. The van der Waals surface area contributed by atoms with E-state index in [4.69, 9.17) is 0 Å². The molecule has 0 unspecified atom stereocenters. The van der Waals surface area contributed by atoms with Crippen molar-refractivity contribution in [2.24, 2.45) is 5.92 Å². The van der Waals surface area contributed by atoms with Gasteiger partial charge in [0.1, 0.15) is 11.1 Å². The summed E-state index contributed by atoms with van der Waals surface area (Å²) < 4.78 is 1.90. The summed E-state index contributed by atoms with van der Waals surface area (Å²) in [5, 5.41) is 12.7. The number of pyridine rings is 1. The van der Waals surface area contributed by atoms with Gasteiger partial charge in [-0.3, -0.25) is 9.59 Å². The number of fused-ring (bicyclic) bond motifs is 1. The third-order valence-corrected chi connectivity index (χ3v) is 7.98. The lowest BCUT2D eigenvalue weighted by Gasteiger charge is -2.34. The first kappa shape index (κ1) is 23.1. The summed E-state index contributed by atoms with van der Waals surface area (Å²) in [6.07, 6.45) is 15.6. The van der Waals surface area contributed by atoms with Gasteiger partial charge in [-0.25, -0.2) is 4.79 Å². The fourth-order valence-corrected chi connectivity index (χ4v) is 6.05. The minimum atomic E-state index is -1.25. The number of carbonyl (C=O) groups is 2. The lowest BCUT2D eigenvalue weighted by molar-refractivity contribution is -0.145. The van der Waals surface area contributed by atoms with Crippen molar-refractivity contribution in [1.82, 2.24) is 9.88 Å². The number of rotatable bonds is 5. The Morgan fingerprint density at radius 3 is 2.25 bits per heavy atom. The molecule has 0 aromatic carbocycles. The molecule has 0 radical (unpaired) electrons. The van der Waals surface area contributed by atoms with Crippen molar-refractivity contribution in [2.45, 2.75) is 115 Å². The maximum absolute atomic E-state index is 13.6. The molecular formula is C26H38N2O4. The van der Waals surface area contributed by atoms with E-state index in [0.717, 1.165) is 69.0 Å². The van der Waals surface area contributed by atoms with Gasteiger partial charge in [-0.1, -0.05) is 51.4 Å². The van der Waals surface area contributed by atoms with Gasteiger partial charge in [0.2, 0.25) is 0 Å². The topological polar surface area (TPSA) is 88.4 Å². The lowest BCUT2D eigenvalue weighted by atomic mass is 9.81. The van der Waals surface area contributed by atoms with Gasteiger partial charge in [0.05, 0.1) is 0 Å². The lowest BCUT2D eigenvalue weighted by Crippen LogP contribution is -2.56. The van der Waals surface area contributed by atoms with E-state index in [9.17, 15) is 19.5 Å². The van der Waals surface area contributed by atoms with Gasteiger partial charge in [-0.15, -0.1) is 0 Å². The fraction of sp³-hybridized carbons (Fsp3) is 0.731. The van der Waals surface area contributed by atoms with Crippen molar-refractivity contribution >= 4 is 11.9 Å². The summed E-state index contributed by atoms with van der Waals surface area (Å²) in [7, 11) is 0. The van der Waals surface area contributed by atoms with E-state index in [0.29, 0.717) is 25.3 Å². The average Bonchev–Trinajstić information content (AvgIpc) is 2.77. The van der Waals surface area contributed by atoms with Gasteiger partial charge >= 0.3 is 5.97 Å². The molecule has 0 aliphatic heterocycles. The molecule has 2 fully saturated rings. The highest BCUT2D eigenvalue weighted by atomic mass is 16.4. The normalized spacial score (nSPS) is 21.8. The van der Waals surface area contributed by atoms with Gasteiger partial charge in [-0.2, -0.15) is 0 Å². The molecule has 1 aromatic rings. The molecule has 0 bridgehead atoms. The van der Waals surface area contributed by atoms with E-state index >= 15 is 0 Å². The second-order valence-corrected chi connectivity index (χ2v) is 10.3. The molecule has 1 heterocycles. The Hall–Kier alpha value is -2.11. The van der Waals surface area contributed by atoms with Gasteiger partial charge in [0.15, 0.2) is 0 Å². The fourth-order valence-electron chi connectivity index (χ4n) is 6.05. The molecule has 0 spiro atoms. The zero-order chi connectivity index (χ0) is 22.6. The molecule has 4 rings (SSSR count). The molecule has 2 N–H and O–H groups in total. The quantitative estimate of drug-likeness (QED) is 0.697. The number of hydrogen-bond donors (Lipinski definition) is 2. The van der Waals surface area contributed by atoms with Crippen LogP contribution < -0.4 is 10.9 Å². The molecule has 2 saturated carbocycles. The Kier molecular flexibility index (Phi) is 7.37. The van der Waals surface area contributed by atoms with E-state index in [-0.39, 0.29) is 11.1 Å². The zero-order valence-corrected chi connectivity index (χ0v) is 19.3. The summed E-state index contributed by atoms with van der Waals surface area (Å²) in [5.41, 5.74) is 0.871. The number of nitrogens with one attached hydrogen (secondary N) is 1. The van der Waals surface area contributed by atoms with Crippen LogP contribution >= 0.6 is 0 Å². The van der Waals surface area contributed by atoms with Gasteiger partial charge in [-0.05, 0) is 68.9 Å². The van der Waals surface area contributed by atoms with Crippen LogP contribution in [-0.2, 0) is 24.2 Å². The van der Waals surface area contributed by atoms with Crippen molar-refractivity contribution in [1.29, 1.82) is 0 Å². The van der Waals surface area contributed by atoms with Gasteiger partial charge < -0.3 is 15.0 Å². The highest BCUT2D eigenvalue weighted by Crippen LogP contribution is 2.30. The van der Waals surface area contributed by atoms with Crippen LogP contribution in [0.15, 0.2) is 10.9 Å². The molecule has 0 atom stereocenters. The molecule has 1 amide bonds. The number of nitrogens with zero attached hydrogens (tertiary/aromatic N) is 1. The Morgan fingerprint density at radius 1 is 0.938 bits per heavy atom. The number of aliphatic carboxylic acids is 1. The summed E-state index contributed by atoms with van der Waals surface area (Å²) in [6.45, 7) is 0.687. The van der Waals surface area contributed by atoms with E-state index in [1.165, 1.54) is 32.1 Å². The molecular weight excluding hydrogens is 404 g/mol. The van der Waals surface area contributed by atoms with Crippen LogP contribution in [0, 0.1) is 5.92 Å². The predicted molar refractivity (Wildman–Crippen MR) is 124 cm³/mol. The van der Waals surface area contributed by atoms with Crippen LogP contribution in [-0.4, -0.2) is 27.1 Å². The Bertz CT molecular complexity index is 892. The van der Waals surface area contributed by atoms with E-state index < -0.39 is 17.4 Å². The van der Waals surface area contributed by atoms with E-state index in [2.05, 4.69) is 5.32 Å². The largest absolute Gasteiger partial charge is 0.480 e. The predicted octanol–water partition coefficient (Wildman–Crippen LogP) is 4.60. The zero-order valence-electron chi connectivity index (χ0n) is 19.3. The summed E-state index contributed by atoms with van der Waals surface area (Å²) >= 11 is 0. The molecule has 3 aliphatic carbocycles. The number of amides is 1. The van der Waals surface area contributed by atoms with Crippen molar-refractivity contribution < 1.29 is 14.7 Å². The number of hydrogen-bond acceptors (Lipinski definition) is 3. The van der Waals surface area contributed by atoms with Gasteiger partial charge in [0.25, 0.3) is 11.5 Å². The highest BCUT2D eigenvalue weighted by Gasteiger charge is 2.41. The number of carbonyl (C=O) groups excluding carboxylic acids is 1. The molecule has 6 nitrogen and oxygen atoms in total. The monoisotopic (exact) mass is 442 g/mol. The molecule has 176 valence electrons. The second kappa shape index (κ2) is 10.2. The highest BCUT2D eigenvalue weighted by molar-refractivity contribution is 5.97. The van der Waals surface area contributed by atoms with Crippen LogP contribution in [0.4, 0.5) is 0 Å². The van der Waals surface area contributed by atoms with Crippen LogP contribution in [0.3, 0.4) is 0 Å². The molecule has 1 aromatic heterocycles. The Morgan fingerprint density at radius 2 is 1.56 bits per heavy atom. The maximum atomic E-state index is 13.6. The standard InChI is InChI=1S/C26H38N2O4/c29-23(27-26(25(31)32)15-9-4-10-16-26)21-17-20-13-7-1-2-8-14-22(20)28(24(21)30)18-19-11-5-3-6-12-19/h17,19H,1-16,18H2,(H,27,29)(H,31,32). The summed E-state index contributed by atoms with van der Waals surface area (Å²) in [5.74, 6) is -1.01. The molecule has 32 heavy (non-hydrogen) atoms. The van der Waals surface area contributed by atoms with Crippen LogP contribution in [0.25, 0.3) is 0 Å². The van der Waals surface area contributed by atoms with Crippen molar-refractivity contribution in [2.75, 3.05) is 0 Å². The second-order valence-electron chi connectivity index (χ2n) is 10.3. The van der Waals surface area contributed by atoms with Crippen molar-refractivity contribution in [3.05, 3.63) is 33.2 Å². The van der Waals surface area contributed by atoms with Crippen molar-refractivity contribution in [3.63, 3.8) is 0 Å². The first-order chi connectivity index (χ1) is 15.5. The summed E-state index contributed by atoms with van der Waals surface area (Å²) in [4.78, 5) is 39.0. The third-order valence-electron chi connectivity index (χ3n) is 7.98. The summed E-state index contributed by atoms with van der Waals surface area (Å²) in [6, 6.07) is 1.79. The Balaban J connectivity index is 1.70. The number of aryl methyl sites for hydroxylation is 1. The smallest absolute Gasteiger partial charge is 0.329 e. The molecule has 6 heteroatoms. The van der Waals surface area contributed by atoms with Crippen molar-refractivity contribution in [3.8, 4) is 0 Å². The maximum Gasteiger partial charge on any atom is 0.329 e. The van der Waals surface area contributed by atoms with E-state index in [1.807, 2.05) is 4.57 Å². The molecule has 3 aliphatic rings.